The summed E-state index contributed by atoms with van der Waals surface area (Å²) in [5, 5.41) is 6.04. The van der Waals surface area contributed by atoms with Gasteiger partial charge in [0.15, 0.2) is 11.7 Å². The minimum atomic E-state index is -0.245. The van der Waals surface area contributed by atoms with E-state index >= 15 is 0 Å². The summed E-state index contributed by atoms with van der Waals surface area (Å²) in [7, 11) is 0. The Balaban J connectivity index is 1.79. The van der Waals surface area contributed by atoms with Gasteiger partial charge in [-0.1, -0.05) is 0 Å². The molecule has 0 bridgehead atoms. The van der Waals surface area contributed by atoms with Crippen molar-refractivity contribution >= 4 is 17.8 Å². The number of nitrogens with one attached hydrogen (secondary N) is 2. The molecule has 8 nitrogen and oxygen atoms in total. The van der Waals surface area contributed by atoms with E-state index in [1.54, 1.807) is 12.1 Å². The number of likely N-dealkylation sites (tertiary alicyclic amines) is 1. The van der Waals surface area contributed by atoms with Crippen molar-refractivity contribution in [3.63, 3.8) is 0 Å². The number of furan rings is 1. The van der Waals surface area contributed by atoms with Gasteiger partial charge >= 0.3 is 5.97 Å². The lowest BCUT2D eigenvalue weighted by Crippen LogP contribution is -2.47. The zero-order valence-corrected chi connectivity index (χ0v) is 15.5. The predicted molar refractivity (Wildman–Crippen MR) is 97.9 cm³/mol. The zero-order valence-electron chi connectivity index (χ0n) is 15.5. The van der Waals surface area contributed by atoms with Crippen LogP contribution in [-0.4, -0.2) is 62.1 Å². The molecule has 1 aromatic rings. The number of esters is 1. The van der Waals surface area contributed by atoms with Crippen molar-refractivity contribution in [1.82, 2.24) is 15.5 Å². The van der Waals surface area contributed by atoms with Crippen LogP contribution in [-0.2, 0) is 9.53 Å². The first-order valence-electron chi connectivity index (χ1n) is 9.17. The number of hydrogen-bond acceptors (Lipinski definition) is 5. The second-order valence-corrected chi connectivity index (χ2v) is 5.98. The van der Waals surface area contributed by atoms with E-state index in [-0.39, 0.29) is 17.8 Å². The van der Waals surface area contributed by atoms with Crippen LogP contribution in [0.4, 0.5) is 0 Å². The molecule has 144 valence electrons. The molecule has 1 aliphatic heterocycles. The Morgan fingerprint density at radius 2 is 2.08 bits per heavy atom. The molecule has 0 atom stereocenters. The third-order valence-corrected chi connectivity index (χ3v) is 4.15. The molecule has 2 rings (SSSR count). The molecule has 2 N–H and O–H groups in total. The van der Waals surface area contributed by atoms with E-state index in [1.165, 1.54) is 6.26 Å². The van der Waals surface area contributed by atoms with E-state index < -0.39 is 0 Å². The van der Waals surface area contributed by atoms with E-state index in [4.69, 9.17) is 9.15 Å². The van der Waals surface area contributed by atoms with Crippen molar-refractivity contribution in [2.75, 3.05) is 39.3 Å². The highest BCUT2D eigenvalue weighted by Crippen LogP contribution is 2.18. The second kappa shape index (κ2) is 10.5. The van der Waals surface area contributed by atoms with Gasteiger partial charge in [0.05, 0.1) is 25.3 Å². The van der Waals surface area contributed by atoms with Gasteiger partial charge in [0.2, 0.25) is 0 Å². The maximum Gasteiger partial charge on any atom is 0.309 e. The van der Waals surface area contributed by atoms with Gasteiger partial charge < -0.3 is 24.7 Å². The molecule has 0 saturated carbocycles. The number of guanidine groups is 1. The fourth-order valence-electron chi connectivity index (χ4n) is 2.84. The minimum absolute atomic E-state index is 0.0262. The summed E-state index contributed by atoms with van der Waals surface area (Å²) in [5.74, 6) is 0.728. The van der Waals surface area contributed by atoms with Crippen LogP contribution in [0.1, 0.15) is 37.2 Å². The number of rotatable bonds is 7. The number of amides is 1. The summed E-state index contributed by atoms with van der Waals surface area (Å²) in [6, 6.07) is 3.30. The van der Waals surface area contributed by atoms with Crippen LogP contribution in [0.5, 0.6) is 0 Å². The topological polar surface area (TPSA) is 96.2 Å². The lowest BCUT2D eigenvalue weighted by molar-refractivity contribution is -0.149. The van der Waals surface area contributed by atoms with E-state index in [0.29, 0.717) is 25.5 Å². The fraction of sp³-hybridized carbons (Fsp3) is 0.611. The number of carbonyl (C=O) groups excluding carboxylic acids is 2. The van der Waals surface area contributed by atoms with Gasteiger partial charge in [0, 0.05) is 26.2 Å². The van der Waals surface area contributed by atoms with Crippen molar-refractivity contribution in [2.24, 2.45) is 10.9 Å². The van der Waals surface area contributed by atoms with E-state index in [0.717, 1.165) is 38.4 Å². The third-order valence-electron chi connectivity index (χ3n) is 4.15. The summed E-state index contributed by atoms with van der Waals surface area (Å²) >= 11 is 0. The molecule has 0 radical (unpaired) electrons. The molecule has 1 saturated heterocycles. The summed E-state index contributed by atoms with van der Waals surface area (Å²) in [6.07, 6.45) is 2.99. The Bertz CT molecular complexity index is 592. The van der Waals surface area contributed by atoms with Crippen LogP contribution in [0.15, 0.2) is 27.8 Å². The van der Waals surface area contributed by atoms with Crippen LogP contribution < -0.4 is 10.6 Å². The van der Waals surface area contributed by atoms with Gasteiger partial charge in [-0.2, -0.15) is 0 Å². The van der Waals surface area contributed by atoms with Crippen LogP contribution in [0, 0.1) is 5.92 Å². The minimum Gasteiger partial charge on any atom is -0.466 e. The standard InChI is InChI=1S/C18H28N4O4/c1-3-19-18(21-10-9-20-16(23)15-6-5-13-26-15)22-11-7-14(8-12-22)17(24)25-4-2/h5-6,13-14H,3-4,7-12H2,1-2H3,(H,19,21)(H,20,23). The molecule has 0 spiro atoms. The second-order valence-electron chi connectivity index (χ2n) is 5.98. The number of nitrogens with zero attached hydrogens (tertiary/aromatic N) is 2. The normalized spacial score (nSPS) is 15.6. The van der Waals surface area contributed by atoms with Crippen LogP contribution in [0.25, 0.3) is 0 Å². The first kappa shape index (κ1) is 19.8. The summed E-state index contributed by atoms with van der Waals surface area (Å²) in [5.41, 5.74) is 0. The number of hydrogen-bond donors (Lipinski definition) is 2. The molecular formula is C18H28N4O4. The monoisotopic (exact) mass is 364 g/mol. The average Bonchev–Trinajstić information content (AvgIpc) is 3.19. The first-order valence-corrected chi connectivity index (χ1v) is 9.17. The molecule has 0 unspecified atom stereocenters. The Morgan fingerprint density at radius 1 is 1.31 bits per heavy atom. The highest BCUT2D eigenvalue weighted by Gasteiger charge is 2.27. The first-order chi connectivity index (χ1) is 12.7. The molecule has 26 heavy (non-hydrogen) atoms. The van der Waals surface area contributed by atoms with Gasteiger partial charge in [0.1, 0.15) is 0 Å². The molecule has 1 amide bonds. The molecule has 0 aliphatic carbocycles. The number of ether oxygens (including phenoxy) is 1. The van der Waals surface area contributed by atoms with E-state index in [2.05, 4.69) is 20.5 Å². The van der Waals surface area contributed by atoms with Crippen molar-refractivity contribution in [3.8, 4) is 0 Å². The Kier molecular flexibility index (Phi) is 7.98. The molecule has 0 aromatic carbocycles. The molecule has 2 heterocycles. The third kappa shape index (κ3) is 5.79. The molecule has 1 aliphatic rings. The Labute approximate surface area is 154 Å². The number of carbonyl (C=O) groups is 2. The quantitative estimate of drug-likeness (QED) is 0.327. The number of piperidine rings is 1. The highest BCUT2D eigenvalue weighted by molar-refractivity contribution is 5.91. The average molecular weight is 364 g/mol. The van der Waals surface area contributed by atoms with Gasteiger partial charge in [-0.25, -0.2) is 0 Å². The molecular weight excluding hydrogens is 336 g/mol. The number of aliphatic imine (C=N–C) groups is 1. The predicted octanol–water partition coefficient (Wildman–Crippen LogP) is 1.25. The van der Waals surface area contributed by atoms with E-state index in [9.17, 15) is 9.59 Å². The maximum absolute atomic E-state index is 11.8. The lowest BCUT2D eigenvalue weighted by atomic mass is 9.97. The van der Waals surface area contributed by atoms with Crippen LogP contribution in [0.3, 0.4) is 0 Å². The van der Waals surface area contributed by atoms with Gasteiger partial charge in [-0.15, -0.1) is 0 Å². The van der Waals surface area contributed by atoms with Gasteiger partial charge in [-0.05, 0) is 38.8 Å². The summed E-state index contributed by atoms with van der Waals surface area (Å²) in [4.78, 5) is 30.4. The van der Waals surface area contributed by atoms with Gasteiger partial charge in [0.25, 0.3) is 5.91 Å². The molecule has 8 heteroatoms. The van der Waals surface area contributed by atoms with Crippen molar-refractivity contribution in [2.45, 2.75) is 26.7 Å². The highest BCUT2D eigenvalue weighted by atomic mass is 16.5. The van der Waals surface area contributed by atoms with Crippen molar-refractivity contribution in [1.29, 1.82) is 0 Å². The largest absolute Gasteiger partial charge is 0.466 e. The van der Waals surface area contributed by atoms with Gasteiger partial charge in [-0.3, -0.25) is 14.6 Å². The summed E-state index contributed by atoms with van der Waals surface area (Å²) < 4.78 is 10.2. The lowest BCUT2D eigenvalue weighted by Gasteiger charge is -2.33. The van der Waals surface area contributed by atoms with Crippen LogP contribution >= 0.6 is 0 Å². The Morgan fingerprint density at radius 3 is 2.69 bits per heavy atom. The summed E-state index contributed by atoms with van der Waals surface area (Å²) in [6.45, 7) is 7.43. The maximum atomic E-state index is 11.8. The van der Waals surface area contributed by atoms with Crippen molar-refractivity contribution < 1.29 is 18.7 Å². The van der Waals surface area contributed by atoms with Crippen molar-refractivity contribution in [3.05, 3.63) is 24.2 Å². The zero-order chi connectivity index (χ0) is 18.8. The van der Waals surface area contributed by atoms with E-state index in [1.807, 2.05) is 13.8 Å². The molecule has 1 fully saturated rings. The Hall–Kier alpha value is -2.51. The smallest absolute Gasteiger partial charge is 0.309 e. The molecule has 1 aromatic heterocycles. The fourth-order valence-corrected chi connectivity index (χ4v) is 2.84. The SMILES string of the molecule is CCNC(=NCCNC(=O)c1ccco1)N1CCC(C(=O)OCC)CC1. The van der Waals surface area contributed by atoms with Crippen LogP contribution in [0.2, 0.25) is 0 Å².